The Kier molecular flexibility index (Phi) is 11.1. The van der Waals surface area contributed by atoms with Crippen molar-refractivity contribution in [3.8, 4) is 0 Å². The fraction of sp³-hybridized carbons (Fsp3) is 0.542. The Morgan fingerprint density at radius 3 is 2.17 bits per heavy atom. The molecule has 1 aromatic rings. The van der Waals surface area contributed by atoms with Crippen molar-refractivity contribution in [2.75, 3.05) is 19.6 Å². The minimum atomic E-state index is -1.19. The Balaban J connectivity index is 1.83. The normalized spacial score (nSPS) is 16.7. The van der Waals surface area contributed by atoms with E-state index >= 15 is 0 Å². The topological polar surface area (TPSA) is 166 Å². The molecule has 0 bridgehead atoms. The third kappa shape index (κ3) is 10.1. The summed E-state index contributed by atoms with van der Waals surface area (Å²) in [5, 5.41) is 22.5. The molecule has 0 unspecified atom stereocenters. The highest BCUT2D eigenvalue weighted by Crippen LogP contribution is 2.06. The van der Waals surface area contributed by atoms with Crippen LogP contribution in [0, 0.1) is 5.92 Å². The van der Waals surface area contributed by atoms with E-state index in [1.807, 2.05) is 13.8 Å². The maximum absolute atomic E-state index is 12.7. The zero-order valence-corrected chi connectivity index (χ0v) is 20.1. The van der Waals surface area contributed by atoms with Crippen molar-refractivity contribution in [3.05, 3.63) is 35.9 Å². The molecule has 1 saturated heterocycles. The second-order valence-electron chi connectivity index (χ2n) is 8.98. The number of nitrogens with one attached hydrogen (secondary N) is 5. The van der Waals surface area contributed by atoms with Crippen LogP contribution in [0.15, 0.2) is 30.3 Å². The van der Waals surface area contributed by atoms with Gasteiger partial charge < -0.3 is 31.7 Å². The zero-order valence-electron chi connectivity index (χ0n) is 20.1. The second kappa shape index (κ2) is 14.1. The van der Waals surface area contributed by atoms with E-state index in [1.54, 1.807) is 30.3 Å². The molecular weight excluding hydrogens is 454 g/mol. The van der Waals surface area contributed by atoms with Gasteiger partial charge in [-0.15, -0.1) is 0 Å². The van der Waals surface area contributed by atoms with Crippen molar-refractivity contribution in [2.24, 2.45) is 5.92 Å². The first kappa shape index (κ1) is 27.8. The Hall–Kier alpha value is -3.47. The first-order valence-corrected chi connectivity index (χ1v) is 11.8. The third-order valence-corrected chi connectivity index (χ3v) is 5.50. The Morgan fingerprint density at radius 1 is 0.971 bits per heavy atom. The predicted molar refractivity (Wildman–Crippen MR) is 128 cm³/mol. The van der Waals surface area contributed by atoms with E-state index in [1.165, 1.54) is 0 Å². The molecule has 1 heterocycles. The number of amides is 4. The van der Waals surface area contributed by atoms with E-state index < -0.39 is 42.3 Å². The van der Waals surface area contributed by atoms with Gasteiger partial charge in [-0.2, -0.15) is 0 Å². The highest BCUT2D eigenvalue weighted by Gasteiger charge is 2.26. The molecule has 3 atom stereocenters. The van der Waals surface area contributed by atoms with Gasteiger partial charge in [-0.05, 0) is 37.3 Å². The van der Waals surface area contributed by atoms with Crippen molar-refractivity contribution in [1.29, 1.82) is 0 Å². The first-order valence-electron chi connectivity index (χ1n) is 11.8. The Labute approximate surface area is 204 Å². The van der Waals surface area contributed by atoms with Crippen molar-refractivity contribution < 1.29 is 29.1 Å². The molecule has 1 aliphatic rings. The molecule has 1 fully saturated rings. The molecule has 11 nitrogen and oxygen atoms in total. The van der Waals surface area contributed by atoms with E-state index in [0.29, 0.717) is 12.8 Å². The summed E-state index contributed by atoms with van der Waals surface area (Å²) in [7, 11) is 0. The van der Waals surface area contributed by atoms with Crippen LogP contribution in [0.1, 0.15) is 38.7 Å². The van der Waals surface area contributed by atoms with E-state index in [0.717, 1.165) is 18.5 Å². The number of carbonyl (C=O) groups is 5. The van der Waals surface area contributed by atoms with Crippen LogP contribution in [0.2, 0.25) is 0 Å². The van der Waals surface area contributed by atoms with Gasteiger partial charge in [-0.25, -0.2) is 4.79 Å². The molecule has 4 amide bonds. The Morgan fingerprint density at radius 2 is 1.60 bits per heavy atom. The van der Waals surface area contributed by atoms with Gasteiger partial charge >= 0.3 is 5.97 Å². The number of carboxylic acids is 1. The molecule has 0 radical (unpaired) electrons. The molecule has 192 valence electrons. The summed E-state index contributed by atoms with van der Waals surface area (Å²) in [5.41, 5.74) is 0.750. The minimum Gasteiger partial charge on any atom is -0.480 e. The smallest absolute Gasteiger partial charge is 0.326 e. The number of benzene rings is 1. The number of aliphatic carboxylic acids is 1. The van der Waals surface area contributed by atoms with Gasteiger partial charge in [-0.1, -0.05) is 44.2 Å². The molecule has 1 aliphatic heterocycles. The molecule has 0 spiro atoms. The highest BCUT2D eigenvalue weighted by atomic mass is 16.4. The molecule has 0 aromatic heterocycles. The second-order valence-corrected chi connectivity index (χ2v) is 8.98. The average molecular weight is 490 g/mol. The summed E-state index contributed by atoms with van der Waals surface area (Å²) >= 11 is 0. The largest absolute Gasteiger partial charge is 0.480 e. The van der Waals surface area contributed by atoms with Crippen LogP contribution in [0.4, 0.5) is 0 Å². The van der Waals surface area contributed by atoms with Crippen LogP contribution >= 0.6 is 0 Å². The summed E-state index contributed by atoms with van der Waals surface area (Å²) in [6.45, 7) is 3.82. The van der Waals surface area contributed by atoms with E-state index in [9.17, 15) is 29.1 Å². The molecular formula is C24H35N5O6. The molecule has 6 N–H and O–H groups in total. The summed E-state index contributed by atoms with van der Waals surface area (Å²) in [6, 6.07) is 6.51. The lowest BCUT2D eigenvalue weighted by Crippen LogP contribution is -2.53. The van der Waals surface area contributed by atoms with Gasteiger partial charge in [0.1, 0.15) is 12.1 Å². The summed E-state index contributed by atoms with van der Waals surface area (Å²) < 4.78 is 0. The third-order valence-electron chi connectivity index (χ3n) is 5.50. The van der Waals surface area contributed by atoms with Gasteiger partial charge in [0.2, 0.25) is 23.6 Å². The van der Waals surface area contributed by atoms with Crippen LogP contribution in [0.25, 0.3) is 0 Å². The molecule has 0 saturated carbocycles. The van der Waals surface area contributed by atoms with Crippen LogP contribution in [0.3, 0.4) is 0 Å². The van der Waals surface area contributed by atoms with Gasteiger partial charge in [0, 0.05) is 6.42 Å². The molecule has 35 heavy (non-hydrogen) atoms. The SMILES string of the molecule is CC(C)C[C@H](NC(=O)CNC(=O)[C@@H]1CCCN1)C(=O)NCC(=O)N[C@@H](Cc1ccccc1)C(=O)O. The maximum Gasteiger partial charge on any atom is 0.326 e. The van der Waals surface area contributed by atoms with Crippen molar-refractivity contribution in [1.82, 2.24) is 26.6 Å². The first-order chi connectivity index (χ1) is 16.7. The monoisotopic (exact) mass is 489 g/mol. The van der Waals surface area contributed by atoms with Gasteiger partial charge in [0.15, 0.2) is 0 Å². The number of hydrogen-bond acceptors (Lipinski definition) is 6. The minimum absolute atomic E-state index is 0.0689. The van der Waals surface area contributed by atoms with Gasteiger partial charge in [-0.3, -0.25) is 19.2 Å². The van der Waals surface area contributed by atoms with Crippen molar-refractivity contribution in [3.63, 3.8) is 0 Å². The Bertz CT molecular complexity index is 886. The number of hydrogen-bond donors (Lipinski definition) is 6. The van der Waals surface area contributed by atoms with Crippen LogP contribution < -0.4 is 26.6 Å². The summed E-state index contributed by atoms with van der Waals surface area (Å²) in [6.07, 6.45) is 2.03. The molecule has 2 rings (SSSR count). The predicted octanol–water partition coefficient (Wildman–Crippen LogP) is -0.686. The molecule has 0 aliphatic carbocycles. The standard InChI is InChI=1S/C24H35N5O6/c1-15(2)11-18(28-20(30)13-26-22(32)17-9-6-10-25-17)23(33)27-14-21(31)29-19(24(34)35)12-16-7-4-3-5-8-16/h3-5,7-8,15,17-19,25H,6,9-14H2,1-2H3,(H,26,32)(H,27,33)(H,28,30)(H,29,31)(H,34,35)/t17-,18-,19-/m0/s1. The lowest BCUT2D eigenvalue weighted by molar-refractivity contribution is -0.141. The quantitative estimate of drug-likeness (QED) is 0.213. The van der Waals surface area contributed by atoms with E-state index in [4.69, 9.17) is 0 Å². The lowest BCUT2D eigenvalue weighted by Gasteiger charge is -2.21. The molecule has 1 aromatic carbocycles. The zero-order chi connectivity index (χ0) is 25.8. The lowest BCUT2D eigenvalue weighted by atomic mass is 10.0. The number of carboxylic acid groups (broad SMARTS) is 1. The van der Waals surface area contributed by atoms with Crippen LogP contribution in [-0.4, -0.2) is 72.5 Å². The van der Waals surface area contributed by atoms with Crippen LogP contribution in [-0.2, 0) is 30.4 Å². The fourth-order valence-electron chi connectivity index (χ4n) is 3.73. The summed E-state index contributed by atoms with van der Waals surface area (Å²) in [4.78, 5) is 60.9. The molecule has 11 heteroatoms. The number of carbonyl (C=O) groups excluding carboxylic acids is 4. The van der Waals surface area contributed by atoms with Crippen LogP contribution in [0.5, 0.6) is 0 Å². The van der Waals surface area contributed by atoms with Gasteiger partial charge in [0.05, 0.1) is 19.1 Å². The average Bonchev–Trinajstić information content (AvgIpc) is 3.35. The highest BCUT2D eigenvalue weighted by molar-refractivity contribution is 5.93. The fourth-order valence-corrected chi connectivity index (χ4v) is 3.73. The van der Waals surface area contributed by atoms with Crippen molar-refractivity contribution >= 4 is 29.6 Å². The van der Waals surface area contributed by atoms with Crippen molar-refractivity contribution in [2.45, 2.75) is 57.7 Å². The van der Waals surface area contributed by atoms with E-state index in [-0.39, 0.29) is 30.8 Å². The maximum atomic E-state index is 12.7. The van der Waals surface area contributed by atoms with Gasteiger partial charge in [0.25, 0.3) is 0 Å². The number of rotatable bonds is 13. The van der Waals surface area contributed by atoms with E-state index in [2.05, 4.69) is 26.6 Å². The summed E-state index contributed by atoms with van der Waals surface area (Å²) in [5.74, 6) is -3.13.